The van der Waals surface area contributed by atoms with E-state index in [-0.39, 0.29) is 5.56 Å². The van der Waals surface area contributed by atoms with Gasteiger partial charge >= 0.3 is 6.18 Å². The van der Waals surface area contributed by atoms with Crippen LogP contribution in [0.25, 0.3) is 33.4 Å². The Labute approximate surface area is 177 Å². The van der Waals surface area contributed by atoms with E-state index in [2.05, 4.69) is 4.98 Å². The third-order valence-corrected chi connectivity index (χ3v) is 6.28. The molecule has 5 rings (SSSR count). The van der Waals surface area contributed by atoms with Crippen molar-refractivity contribution < 1.29 is 17.6 Å². The van der Waals surface area contributed by atoms with Crippen molar-refractivity contribution in [3.8, 4) is 11.3 Å². The second-order valence-corrected chi connectivity index (χ2v) is 8.31. The van der Waals surface area contributed by atoms with E-state index >= 15 is 0 Å². The molecule has 156 valence electrons. The Morgan fingerprint density at radius 3 is 2.68 bits per heavy atom. The maximum atomic E-state index is 13.0. The Morgan fingerprint density at radius 2 is 1.90 bits per heavy atom. The van der Waals surface area contributed by atoms with E-state index < -0.39 is 11.7 Å². The molecule has 8 heteroatoms. The van der Waals surface area contributed by atoms with Gasteiger partial charge in [0.05, 0.1) is 16.6 Å². The van der Waals surface area contributed by atoms with E-state index in [4.69, 9.17) is 4.42 Å². The molecule has 0 aliphatic carbocycles. The van der Waals surface area contributed by atoms with Gasteiger partial charge < -0.3 is 4.42 Å². The molecule has 0 saturated heterocycles. The summed E-state index contributed by atoms with van der Waals surface area (Å²) < 4.78 is 46.6. The molecule has 0 aliphatic heterocycles. The highest BCUT2D eigenvalue weighted by Gasteiger charge is 2.30. The maximum absolute atomic E-state index is 13.0. The molecule has 0 radical (unpaired) electrons. The summed E-state index contributed by atoms with van der Waals surface area (Å²) in [6.07, 6.45) is -2.84. The van der Waals surface area contributed by atoms with Gasteiger partial charge in [-0.3, -0.25) is 4.79 Å². The fraction of sp³-hybridized carbons (Fsp3) is 0.130. The van der Waals surface area contributed by atoms with Gasteiger partial charge in [0, 0.05) is 11.6 Å². The Bertz CT molecular complexity index is 1570. The average Bonchev–Trinajstić information content (AvgIpc) is 3.41. The van der Waals surface area contributed by atoms with Crippen molar-refractivity contribution in [3.63, 3.8) is 0 Å². The number of aromatic nitrogens is 2. The van der Waals surface area contributed by atoms with Gasteiger partial charge in [-0.05, 0) is 55.3 Å². The number of nitrogens with zero attached hydrogens (tertiary/aromatic N) is 2. The van der Waals surface area contributed by atoms with E-state index in [1.54, 1.807) is 28.7 Å². The number of aryl methyl sites for hydroxylation is 2. The summed E-state index contributed by atoms with van der Waals surface area (Å²) in [6.45, 7) is 3.98. The minimum atomic E-state index is -4.43. The number of halogens is 3. The standard InChI is InChI=1S/C23H15F3N2O2S/c1-12-6-8-17-20(13(12)2)27-22-28(17)21(29)19(31-22)11-16-7-9-18(30-16)14-4-3-5-15(10-14)23(24,25)26/h3-11H,1-2H3. The molecule has 3 heterocycles. The second kappa shape index (κ2) is 6.81. The van der Waals surface area contributed by atoms with Crippen LogP contribution in [0.1, 0.15) is 22.5 Å². The van der Waals surface area contributed by atoms with Crippen LogP contribution in [-0.4, -0.2) is 9.38 Å². The summed E-state index contributed by atoms with van der Waals surface area (Å²) in [6, 6.07) is 12.0. The highest BCUT2D eigenvalue weighted by molar-refractivity contribution is 7.15. The molecule has 0 saturated carbocycles. The quantitative estimate of drug-likeness (QED) is 0.372. The van der Waals surface area contributed by atoms with Crippen molar-refractivity contribution in [2.45, 2.75) is 20.0 Å². The molecule has 0 fully saturated rings. The Balaban J connectivity index is 1.58. The number of rotatable bonds is 2. The Hall–Kier alpha value is -3.39. The first-order chi connectivity index (χ1) is 14.7. The molecule has 0 amide bonds. The summed E-state index contributed by atoms with van der Waals surface area (Å²) in [5.74, 6) is 0.674. The number of thiazole rings is 1. The molecule has 0 unspecified atom stereocenters. The van der Waals surface area contributed by atoms with Gasteiger partial charge in [-0.15, -0.1) is 0 Å². The molecule has 0 aliphatic rings. The summed E-state index contributed by atoms with van der Waals surface area (Å²) in [5, 5.41) is 0. The summed E-state index contributed by atoms with van der Waals surface area (Å²) in [7, 11) is 0. The van der Waals surface area contributed by atoms with E-state index in [1.807, 2.05) is 26.0 Å². The van der Waals surface area contributed by atoms with Crippen molar-refractivity contribution in [2.75, 3.05) is 0 Å². The number of hydrogen-bond donors (Lipinski definition) is 0. The molecular formula is C23H15F3N2O2S. The van der Waals surface area contributed by atoms with Gasteiger partial charge in [0.1, 0.15) is 16.1 Å². The first-order valence-corrected chi connectivity index (χ1v) is 10.2. The first-order valence-electron chi connectivity index (χ1n) is 9.43. The second-order valence-electron chi connectivity index (χ2n) is 7.30. The van der Waals surface area contributed by atoms with Gasteiger partial charge in [-0.25, -0.2) is 9.38 Å². The molecule has 0 spiro atoms. The summed E-state index contributed by atoms with van der Waals surface area (Å²) in [4.78, 5) is 18.2. The zero-order valence-electron chi connectivity index (χ0n) is 16.4. The Kier molecular flexibility index (Phi) is 4.30. The van der Waals surface area contributed by atoms with Gasteiger partial charge in [-0.1, -0.05) is 29.5 Å². The molecule has 31 heavy (non-hydrogen) atoms. The highest BCUT2D eigenvalue weighted by atomic mass is 32.1. The smallest absolute Gasteiger partial charge is 0.416 e. The molecule has 2 aromatic carbocycles. The van der Waals surface area contributed by atoms with Crippen LogP contribution in [0.5, 0.6) is 0 Å². The summed E-state index contributed by atoms with van der Waals surface area (Å²) >= 11 is 1.24. The SMILES string of the molecule is Cc1ccc2c(nc3sc(=Cc4ccc(-c5cccc(C(F)(F)F)c5)o4)c(=O)n32)c1C. The third kappa shape index (κ3) is 3.23. The van der Waals surface area contributed by atoms with Crippen molar-refractivity contribution in [3.05, 3.63) is 85.9 Å². The molecule has 0 bridgehead atoms. The maximum Gasteiger partial charge on any atom is 0.416 e. The lowest BCUT2D eigenvalue weighted by Crippen LogP contribution is -2.22. The lowest BCUT2D eigenvalue weighted by molar-refractivity contribution is -0.137. The van der Waals surface area contributed by atoms with E-state index in [1.165, 1.54) is 17.4 Å². The Morgan fingerprint density at radius 1 is 1.10 bits per heavy atom. The van der Waals surface area contributed by atoms with Gasteiger partial charge in [0.25, 0.3) is 5.56 Å². The zero-order chi connectivity index (χ0) is 21.9. The van der Waals surface area contributed by atoms with Crippen molar-refractivity contribution >= 4 is 33.4 Å². The van der Waals surface area contributed by atoms with Gasteiger partial charge in [0.15, 0.2) is 4.96 Å². The van der Waals surface area contributed by atoms with E-state index in [9.17, 15) is 18.0 Å². The van der Waals surface area contributed by atoms with Crippen LogP contribution < -0.4 is 10.1 Å². The number of fused-ring (bicyclic) bond motifs is 3. The third-order valence-electron chi connectivity index (χ3n) is 5.31. The lowest BCUT2D eigenvalue weighted by atomic mass is 10.1. The molecule has 0 atom stereocenters. The van der Waals surface area contributed by atoms with Crippen LogP contribution in [0, 0.1) is 13.8 Å². The van der Waals surface area contributed by atoms with Crippen LogP contribution in [0.4, 0.5) is 13.2 Å². The predicted octanol–water partition coefficient (Wildman–Crippen LogP) is 5.35. The number of benzene rings is 2. The molecule has 5 aromatic rings. The van der Waals surface area contributed by atoms with Gasteiger partial charge in [0.2, 0.25) is 0 Å². The normalized spacial score (nSPS) is 13.0. The minimum Gasteiger partial charge on any atom is -0.457 e. The molecule has 0 N–H and O–H groups in total. The van der Waals surface area contributed by atoms with Crippen LogP contribution in [-0.2, 0) is 6.18 Å². The number of alkyl halides is 3. The topological polar surface area (TPSA) is 47.5 Å². The summed E-state index contributed by atoms with van der Waals surface area (Å²) in [5.41, 5.74) is 3.07. The fourth-order valence-electron chi connectivity index (χ4n) is 3.53. The van der Waals surface area contributed by atoms with Crippen molar-refractivity contribution in [2.24, 2.45) is 0 Å². The van der Waals surface area contributed by atoms with Gasteiger partial charge in [-0.2, -0.15) is 13.2 Å². The zero-order valence-corrected chi connectivity index (χ0v) is 17.3. The van der Waals surface area contributed by atoms with E-state index in [0.717, 1.165) is 34.3 Å². The predicted molar refractivity (Wildman–Crippen MR) is 114 cm³/mol. The van der Waals surface area contributed by atoms with Crippen LogP contribution >= 0.6 is 11.3 Å². The molecule has 3 aromatic heterocycles. The van der Waals surface area contributed by atoms with Crippen molar-refractivity contribution in [1.82, 2.24) is 9.38 Å². The average molecular weight is 440 g/mol. The fourth-order valence-corrected chi connectivity index (χ4v) is 4.49. The van der Waals surface area contributed by atoms with Crippen molar-refractivity contribution in [1.29, 1.82) is 0 Å². The van der Waals surface area contributed by atoms with Crippen LogP contribution in [0.15, 0.2) is 57.7 Å². The highest BCUT2D eigenvalue weighted by Crippen LogP contribution is 2.32. The van der Waals surface area contributed by atoms with Crippen LogP contribution in [0.2, 0.25) is 0 Å². The largest absolute Gasteiger partial charge is 0.457 e. The number of furan rings is 1. The lowest BCUT2D eigenvalue weighted by Gasteiger charge is -2.07. The molecular weight excluding hydrogens is 425 g/mol. The molecule has 4 nitrogen and oxygen atoms in total. The minimum absolute atomic E-state index is 0.206. The monoisotopic (exact) mass is 440 g/mol. The first kappa shape index (κ1) is 19.6. The van der Waals surface area contributed by atoms with E-state index in [0.29, 0.717) is 26.6 Å². The van der Waals surface area contributed by atoms with Crippen LogP contribution in [0.3, 0.4) is 0 Å². The number of imidazole rings is 1. The number of hydrogen-bond acceptors (Lipinski definition) is 4.